The van der Waals surface area contributed by atoms with Crippen molar-refractivity contribution in [3.8, 4) is 11.8 Å². The minimum atomic E-state index is -0.221. The minimum absolute atomic E-state index is 0.0540. The highest BCUT2D eigenvalue weighted by atomic mass is 35.5. The lowest BCUT2D eigenvalue weighted by molar-refractivity contribution is 0.0752. The molecule has 0 saturated heterocycles. The smallest absolute Gasteiger partial charge is 0.253 e. The highest BCUT2D eigenvalue weighted by Gasteiger charge is 2.17. The maximum absolute atomic E-state index is 12.2. The Morgan fingerprint density at radius 2 is 2.28 bits per heavy atom. The van der Waals surface area contributed by atoms with Gasteiger partial charge in [0.25, 0.3) is 5.91 Å². The molecule has 0 aliphatic carbocycles. The summed E-state index contributed by atoms with van der Waals surface area (Å²) in [4.78, 5) is 13.7. The van der Waals surface area contributed by atoms with Crippen molar-refractivity contribution >= 4 is 17.5 Å². The molecule has 1 amide bonds. The first kappa shape index (κ1) is 14.3. The molecule has 1 aromatic carbocycles. The molecule has 1 atom stereocenters. The van der Waals surface area contributed by atoms with Gasteiger partial charge in [-0.3, -0.25) is 4.79 Å². The van der Waals surface area contributed by atoms with Crippen LogP contribution < -0.4 is 0 Å². The third-order valence-electron chi connectivity index (χ3n) is 2.58. The number of benzene rings is 1. The van der Waals surface area contributed by atoms with Gasteiger partial charge in [0.15, 0.2) is 0 Å². The number of rotatable bonds is 4. The molecule has 1 aromatic rings. The SMILES string of the molecule is CCN(CC(C)C#N)C(=O)c1ccc(O)c(Cl)c1. The zero-order chi connectivity index (χ0) is 13.7. The number of amides is 1. The number of aromatic hydroxyl groups is 1. The number of hydrogen-bond acceptors (Lipinski definition) is 3. The van der Waals surface area contributed by atoms with Gasteiger partial charge in [0.05, 0.1) is 17.0 Å². The van der Waals surface area contributed by atoms with Crippen molar-refractivity contribution in [2.24, 2.45) is 5.92 Å². The summed E-state index contributed by atoms with van der Waals surface area (Å²) >= 11 is 5.77. The van der Waals surface area contributed by atoms with Crippen LogP contribution in [0.5, 0.6) is 5.75 Å². The molecule has 5 heteroatoms. The predicted molar refractivity (Wildman–Crippen MR) is 69.5 cm³/mol. The van der Waals surface area contributed by atoms with E-state index in [1.54, 1.807) is 11.8 Å². The van der Waals surface area contributed by atoms with Gasteiger partial charge in [-0.2, -0.15) is 5.26 Å². The van der Waals surface area contributed by atoms with Crippen molar-refractivity contribution in [2.45, 2.75) is 13.8 Å². The van der Waals surface area contributed by atoms with Crippen molar-refractivity contribution < 1.29 is 9.90 Å². The van der Waals surface area contributed by atoms with Gasteiger partial charge in [0.1, 0.15) is 5.75 Å². The fourth-order valence-corrected chi connectivity index (χ4v) is 1.73. The lowest BCUT2D eigenvalue weighted by atomic mass is 10.1. The van der Waals surface area contributed by atoms with Crippen LogP contribution in [0.2, 0.25) is 5.02 Å². The Balaban J connectivity index is 2.90. The second kappa shape index (κ2) is 6.27. The zero-order valence-electron chi connectivity index (χ0n) is 10.4. The molecule has 1 unspecified atom stereocenters. The fourth-order valence-electron chi connectivity index (χ4n) is 1.55. The Labute approximate surface area is 111 Å². The van der Waals surface area contributed by atoms with E-state index in [2.05, 4.69) is 6.07 Å². The van der Waals surface area contributed by atoms with Gasteiger partial charge in [-0.05, 0) is 32.0 Å². The summed E-state index contributed by atoms with van der Waals surface area (Å²) < 4.78 is 0. The first-order valence-electron chi connectivity index (χ1n) is 5.67. The third-order valence-corrected chi connectivity index (χ3v) is 2.88. The number of carbonyl (C=O) groups is 1. The molecule has 0 aromatic heterocycles. The molecule has 0 aliphatic heterocycles. The number of halogens is 1. The standard InChI is InChI=1S/C13H15ClN2O2/c1-3-16(8-9(2)7-15)13(18)10-4-5-12(17)11(14)6-10/h4-6,9,17H,3,8H2,1-2H3. The number of carbonyl (C=O) groups excluding carboxylic acids is 1. The first-order chi connectivity index (χ1) is 8.49. The topological polar surface area (TPSA) is 64.3 Å². The molecule has 0 radical (unpaired) electrons. The lowest BCUT2D eigenvalue weighted by Crippen LogP contribution is -2.34. The summed E-state index contributed by atoms with van der Waals surface area (Å²) in [6.45, 7) is 4.51. The van der Waals surface area contributed by atoms with Crippen molar-refractivity contribution in [1.82, 2.24) is 4.90 Å². The molecular formula is C13H15ClN2O2. The molecule has 0 spiro atoms. The van der Waals surface area contributed by atoms with E-state index in [-0.39, 0.29) is 22.6 Å². The molecule has 0 bridgehead atoms. The zero-order valence-corrected chi connectivity index (χ0v) is 11.1. The average molecular weight is 267 g/mol. The highest BCUT2D eigenvalue weighted by Crippen LogP contribution is 2.24. The van der Waals surface area contributed by atoms with Gasteiger partial charge < -0.3 is 10.0 Å². The van der Waals surface area contributed by atoms with E-state index in [1.165, 1.54) is 18.2 Å². The maximum atomic E-state index is 12.2. The quantitative estimate of drug-likeness (QED) is 0.911. The Kier molecular flexibility index (Phi) is 4.99. The van der Waals surface area contributed by atoms with E-state index in [9.17, 15) is 9.90 Å². The largest absolute Gasteiger partial charge is 0.506 e. The van der Waals surface area contributed by atoms with E-state index in [1.807, 2.05) is 6.92 Å². The van der Waals surface area contributed by atoms with E-state index in [4.69, 9.17) is 16.9 Å². The number of nitriles is 1. The van der Waals surface area contributed by atoms with E-state index in [0.717, 1.165) is 0 Å². The van der Waals surface area contributed by atoms with Crippen LogP contribution in [0.4, 0.5) is 0 Å². The van der Waals surface area contributed by atoms with Gasteiger partial charge in [0, 0.05) is 18.7 Å². The molecule has 0 saturated carbocycles. The van der Waals surface area contributed by atoms with E-state index < -0.39 is 0 Å². The van der Waals surface area contributed by atoms with Gasteiger partial charge >= 0.3 is 0 Å². The van der Waals surface area contributed by atoms with Crippen LogP contribution in [0, 0.1) is 17.2 Å². The summed E-state index contributed by atoms with van der Waals surface area (Å²) in [7, 11) is 0. The van der Waals surface area contributed by atoms with Crippen molar-refractivity contribution in [3.05, 3.63) is 28.8 Å². The molecular weight excluding hydrogens is 252 g/mol. The third kappa shape index (κ3) is 3.38. The maximum Gasteiger partial charge on any atom is 0.253 e. The molecule has 96 valence electrons. The second-order valence-corrected chi connectivity index (χ2v) is 4.45. The average Bonchev–Trinajstić information content (AvgIpc) is 2.38. The molecule has 1 N–H and O–H groups in total. The number of phenolic OH excluding ortho intramolecular Hbond substituents is 1. The summed E-state index contributed by atoms with van der Waals surface area (Å²) in [6, 6.07) is 6.43. The van der Waals surface area contributed by atoms with Gasteiger partial charge in [-0.1, -0.05) is 11.6 Å². The number of nitrogens with zero attached hydrogens (tertiary/aromatic N) is 2. The van der Waals surface area contributed by atoms with Crippen molar-refractivity contribution in [1.29, 1.82) is 5.26 Å². The Morgan fingerprint density at radius 3 is 2.78 bits per heavy atom. The predicted octanol–water partition coefficient (Wildman–Crippen LogP) is 2.67. The summed E-state index contributed by atoms with van der Waals surface area (Å²) in [5, 5.41) is 18.2. The molecule has 0 heterocycles. The fraction of sp³-hybridized carbons (Fsp3) is 0.385. The van der Waals surface area contributed by atoms with Crippen LogP contribution in [0.25, 0.3) is 0 Å². The van der Waals surface area contributed by atoms with Crippen LogP contribution in [-0.2, 0) is 0 Å². The molecule has 1 rings (SSSR count). The number of hydrogen-bond donors (Lipinski definition) is 1. The monoisotopic (exact) mass is 266 g/mol. The van der Waals surface area contributed by atoms with E-state index >= 15 is 0 Å². The van der Waals surface area contributed by atoms with Crippen LogP contribution >= 0.6 is 11.6 Å². The Morgan fingerprint density at radius 1 is 1.61 bits per heavy atom. The van der Waals surface area contributed by atoms with Crippen molar-refractivity contribution in [2.75, 3.05) is 13.1 Å². The van der Waals surface area contributed by atoms with Crippen molar-refractivity contribution in [3.63, 3.8) is 0 Å². The summed E-state index contributed by atoms with van der Waals surface area (Å²) in [5.74, 6) is -0.468. The lowest BCUT2D eigenvalue weighted by Gasteiger charge is -2.22. The molecule has 0 fully saturated rings. The van der Waals surface area contributed by atoms with Crippen LogP contribution in [0.15, 0.2) is 18.2 Å². The molecule has 4 nitrogen and oxygen atoms in total. The molecule has 18 heavy (non-hydrogen) atoms. The van der Waals surface area contributed by atoms with Gasteiger partial charge in [0.2, 0.25) is 0 Å². The summed E-state index contributed by atoms with van der Waals surface area (Å²) in [6.07, 6.45) is 0. The summed E-state index contributed by atoms with van der Waals surface area (Å²) in [5.41, 5.74) is 0.407. The first-order valence-corrected chi connectivity index (χ1v) is 6.04. The normalized spacial score (nSPS) is 11.7. The van der Waals surface area contributed by atoms with Gasteiger partial charge in [-0.25, -0.2) is 0 Å². The van der Waals surface area contributed by atoms with Crippen LogP contribution in [0.1, 0.15) is 24.2 Å². The Hall–Kier alpha value is -1.73. The second-order valence-electron chi connectivity index (χ2n) is 4.04. The Bertz CT molecular complexity index is 482. The molecule has 0 aliphatic rings. The van der Waals surface area contributed by atoms with Gasteiger partial charge in [-0.15, -0.1) is 0 Å². The minimum Gasteiger partial charge on any atom is -0.506 e. The van der Waals surface area contributed by atoms with Crippen LogP contribution in [0.3, 0.4) is 0 Å². The highest BCUT2D eigenvalue weighted by molar-refractivity contribution is 6.32. The number of phenols is 1. The van der Waals surface area contributed by atoms with Crippen LogP contribution in [-0.4, -0.2) is 29.0 Å². The van der Waals surface area contributed by atoms with E-state index in [0.29, 0.717) is 18.7 Å².